The summed E-state index contributed by atoms with van der Waals surface area (Å²) < 4.78 is 40.7. The molecule has 1 aromatic carbocycles. The van der Waals surface area contributed by atoms with Crippen molar-refractivity contribution >= 4 is 17.1 Å². The lowest BCUT2D eigenvalue weighted by Crippen LogP contribution is -2.34. The third kappa shape index (κ3) is 3.25. The SMILES string of the molecule is CC(C(=O)Nc1cccc(C(F)(F)F)c1)n1ncn2cccc2c1=O. The number of rotatable bonds is 3. The van der Waals surface area contributed by atoms with Gasteiger partial charge in [0.25, 0.3) is 5.56 Å². The summed E-state index contributed by atoms with van der Waals surface area (Å²) >= 11 is 0. The third-order valence-electron chi connectivity index (χ3n) is 3.71. The first kappa shape index (κ1) is 16.7. The molecule has 9 heteroatoms. The predicted molar refractivity (Wildman–Crippen MR) is 84.2 cm³/mol. The molecule has 3 rings (SSSR count). The Balaban J connectivity index is 1.85. The van der Waals surface area contributed by atoms with Crippen molar-refractivity contribution in [3.8, 4) is 0 Å². The third-order valence-corrected chi connectivity index (χ3v) is 3.71. The molecule has 0 fully saturated rings. The number of alkyl halides is 3. The predicted octanol–water partition coefficient (Wildman–Crippen LogP) is 2.71. The first-order valence-corrected chi connectivity index (χ1v) is 7.30. The molecule has 130 valence electrons. The fourth-order valence-corrected chi connectivity index (χ4v) is 2.36. The van der Waals surface area contributed by atoms with Gasteiger partial charge in [-0.25, -0.2) is 4.68 Å². The molecule has 0 spiro atoms. The van der Waals surface area contributed by atoms with E-state index in [4.69, 9.17) is 0 Å². The molecule has 0 saturated heterocycles. The Kier molecular flexibility index (Phi) is 4.07. The van der Waals surface area contributed by atoms with E-state index in [9.17, 15) is 22.8 Å². The summed E-state index contributed by atoms with van der Waals surface area (Å²) in [4.78, 5) is 24.6. The second-order valence-electron chi connectivity index (χ2n) is 5.43. The van der Waals surface area contributed by atoms with Gasteiger partial charge in [-0.15, -0.1) is 0 Å². The molecule has 2 heterocycles. The Bertz CT molecular complexity index is 991. The van der Waals surface area contributed by atoms with Crippen molar-refractivity contribution in [1.29, 1.82) is 0 Å². The lowest BCUT2D eigenvalue weighted by atomic mass is 10.2. The number of amides is 1. The first-order chi connectivity index (χ1) is 11.8. The van der Waals surface area contributed by atoms with Crippen molar-refractivity contribution in [2.45, 2.75) is 19.1 Å². The van der Waals surface area contributed by atoms with E-state index >= 15 is 0 Å². The number of hydrogen-bond donors (Lipinski definition) is 1. The van der Waals surface area contributed by atoms with Crippen LogP contribution in [0, 0.1) is 0 Å². The van der Waals surface area contributed by atoms with Crippen LogP contribution >= 0.6 is 0 Å². The van der Waals surface area contributed by atoms with E-state index in [1.807, 2.05) is 0 Å². The molecule has 2 aromatic heterocycles. The maximum atomic E-state index is 12.7. The summed E-state index contributed by atoms with van der Waals surface area (Å²) in [6, 6.07) is 6.52. The topological polar surface area (TPSA) is 68.4 Å². The van der Waals surface area contributed by atoms with E-state index in [1.165, 1.54) is 29.8 Å². The minimum absolute atomic E-state index is 0.0107. The number of aromatic nitrogens is 3. The van der Waals surface area contributed by atoms with Crippen molar-refractivity contribution < 1.29 is 18.0 Å². The summed E-state index contributed by atoms with van der Waals surface area (Å²) in [7, 11) is 0. The number of halogens is 3. The van der Waals surface area contributed by atoms with Crippen molar-refractivity contribution in [2.24, 2.45) is 0 Å². The van der Waals surface area contributed by atoms with Gasteiger partial charge < -0.3 is 9.72 Å². The molecular weight excluding hydrogens is 337 g/mol. The Hall–Kier alpha value is -3.10. The standard InChI is InChI=1S/C16H13F3N4O2/c1-10(23-15(25)13-6-3-7-22(13)9-20-23)14(24)21-12-5-2-4-11(8-12)16(17,18)19/h2-10H,1H3,(H,21,24). The Morgan fingerprint density at radius 2 is 2.00 bits per heavy atom. The van der Waals surface area contributed by atoms with Crippen LogP contribution in [-0.4, -0.2) is 20.1 Å². The summed E-state index contributed by atoms with van der Waals surface area (Å²) in [6.45, 7) is 1.44. The highest BCUT2D eigenvalue weighted by Gasteiger charge is 2.30. The number of benzene rings is 1. The van der Waals surface area contributed by atoms with Crippen LogP contribution in [0.3, 0.4) is 0 Å². The van der Waals surface area contributed by atoms with Gasteiger partial charge in [-0.3, -0.25) is 9.59 Å². The monoisotopic (exact) mass is 350 g/mol. The molecule has 25 heavy (non-hydrogen) atoms. The van der Waals surface area contributed by atoms with E-state index in [0.717, 1.165) is 16.8 Å². The maximum Gasteiger partial charge on any atom is 0.416 e. The van der Waals surface area contributed by atoms with Crippen LogP contribution in [0.15, 0.2) is 53.7 Å². The molecule has 1 N–H and O–H groups in total. The molecule has 1 unspecified atom stereocenters. The van der Waals surface area contributed by atoms with Crippen molar-refractivity contribution in [3.05, 3.63) is 64.8 Å². The summed E-state index contributed by atoms with van der Waals surface area (Å²) in [5.74, 6) is -0.648. The zero-order chi connectivity index (χ0) is 18.2. The Morgan fingerprint density at radius 3 is 2.72 bits per heavy atom. The molecule has 3 aromatic rings. The molecule has 0 radical (unpaired) electrons. The van der Waals surface area contributed by atoms with Crippen LogP contribution in [0.25, 0.3) is 5.52 Å². The largest absolute Gasteiger partial charge is 0.416 e. The molecule has 1 amide bonds. The highest BCUT2D eigenvalue weighted by atomic mass is 19.4. The van der Waals surface area contributed by atoms with Crippen LogP contribution in [0.1, 0.15) is 18.5 Å². The van der Waals surface area contributed by atoms with E-state index in [1.54, 1.807) is 18.3 Å². The maximum absolute atomic E-state index is 12.7. The van der Waals surface area contributed by atoms with Crippen molar-refractivity contribution in [1.82, 2.24) is 14.2 Å². The van der Waals surface area contributed by atoms with Crippen LogP contribution in [0.4, 0.5) is 18.9 Å². The molecule has 0 saturated carbocycles. The minimum atomic E-state index is -4.51. The summed E-state index contributed by atoms with van der Waals surface area (Å²) in [6.07, 6.45) is -1.49. The van der Waals surface area contributed by atoms with Gasteiger partial charge in [-0.05, 0) is 37.3 Å². The average Bonchev–Trinajstić information content (AvgIpc) is 3.03. The number of carbonyl (C=O) groups excluding carboxylic acids is 1. The van der Waals surface area contributed by atoms with Crippen LogP contribution in [-0.2, 0) is 11.0 Å². The number of anilines is 1. The Labute approximate surface area is 139 Å². The van der Waals surface area contributed by atoms with E-state index < -0.39 is 29.2 Å². The molecule has 6 nitrogen and oxygen atoms in total. The lowest BCUT2D eigenvalue weighted by molar-refractivity contribution is -0.137. The van der Waals surface area contributed by atoms with Crippen molar-refractivity contribution in [3.63, 3.8) is 0 Å². The second kappa shape index (κ2) is 6.08. The number of carbonyl (C=O) groups is 1. The van der Waals surface area contributed by atoms with Gasteiger partial charge in [0.15, 0.2) is 0 Å². The van der Waals surface area contributed by atoms with Gasteiger partial charge in [-0.2, -0.15) is 18.3 Å². The smallest absolute Gasteiger partial charge is 0.324 e. The van der Waals surface area contributed by atoms with E-state index in [2.05, 4.69) is 10.4 Å². The normalized spacial score (nSPS) is 13.0. The quantitative estimate of drug-likeness (QED) is 0.790. The first-order valence-electron chi connectivity index (χ1n) is 7.30. The number of hydrogen-bond acceptors (Lipinski definition) is 3. The van der Waals surface area contributed by atoms with Gasteiger partial charge in [0, 0.05) is 11.9 Å². The molecule has 1 atom stereocenters. The molecule has 0 aliphatic heterocycles. The zero-order valence-electron chi connectivity index (χ0n) is 13.0. The zero-order valence-corrected chi connectivity index (χ0v) is 13.0. The van der Waals surface area contributed by atoms with Crippen LogP contribution in [0.2, 0.25) is 0 Å². The highest BCUT2D eigenvalue weighted by molar-refractivity contribution is 5.93. The van der Waals surface area contributed by atoms with Crippen LogP contribution in [0.5, 0.6) is 0 Å². The van der Waals surface area contributed by atoms with Crippen molar-refractivity contribution in [2.75, 3.05) is 5.32 Å². The highest BCUT2D eigenvalue weighted by Crippen LogP contribution is 2.30. The number of fused-ring (bicyclic) bond motifs is 1. The molecule has 0 bridgehead atoms. The van der Waals surface area contributed by atoms with Gasteiger partial charge in [0.05, 0.1) is 5.56 Å². The average molecular weight is 350 g/mol. The van der Waals surface area contributed by atoms with Crippen LogP contribution < -0.4 is 10.9 Å². The fraction of sp³-hybridized carbons (Fsp3) is 0.188. The molecule has 0 aliphatic carbocycles. The number of nitrogens with zero attached hydrogens (tertiary/aromatic N) is 3. The fourth-order valence-electron chi connectivity index (χ4n) is 2.36. The van der Waals surface area contributed by atoms with Gasteiger partial charge in [0.1, 0.15) is 17.9 Å². The van der Waals surface area contributed by atoms with E-state index in [-0.39, 0.29) is 5.69 Å². The van der Waals surface area contributed by atoms with Gasteiger partial charge >= 0.3 is 6.18 Å². The Morgan fingerprint density at radius 1 is 1.24 bits per heavy atom. The second-order valence-corrected chi connectivity index (χ2v) is 5.43. The van der Waals surface area contributed by atoms with Gasteiger partial charge in [-0.1, -0.05) is 6.07 Å². The molecular formula is C16H13F3N4O2. The summed E-state index contributed by atoms with van der Waals surface area (Å²) in [5, 5.41) is 6.30. The molecule has 0 aliphatic rings. The number of nitrogens with one attached hydrogen (secondary N) is 1. The van der Waals surface area contributed by atoms with Gasteiger partial charge in [0.2, 0.25) is 5.91 Å². The lowest BCUT2D eigenvalue weighted by Gasteiger charge is -2.15. The minimum Gasteiger partial charge on any atom is -0.324 e. The summed E-state index contributed by atoms with van der Waals surface area (Å²) in [5.41, 5.74) is -1.01. The van der Waals surface area contributed by atoms with E-state index in [0.29, 0.717) is 5.52 Å².